The summed E-state index contributed by atoms with van der Waals surface area (Å²) >= 11 is 0. The van der Waals surface area contributed by atoms with E-state index < -0.39 is 10.0 Å². The molecule has 1 fully saturated rings. The topological polar surface area (TPSA) is 66.9 Å². The van der Waals surface area contributed by atoms with E-state index >= 15 is 0 Å². The van der Waals surface area contributed by atoms with Crippen LogP contribution < -0.4 is 4.90 Å². The van der Waals surface area contributed by atoms with Crippen LogP contribution in [-0.4, -0.2) is 52.0 Å². The number of hydrogen-bond donors (Lipinski definition) is 0. The van der Waals surface area contributed by atoms with Gasteiger partial charge in [0.25, 0.3) is 0 Å². The van der Waals surface area contributed by atoms with Crippen molar-refractivity contribution in [2.24, 2.45) is 0 Å². The molecule has 1 aliphatic heterocycles. The zero-order chi connectivity index (χ0) is 19.4. The third-order valence-corrected chi connectivity index (χ3v) is 6.75. The summed E-state index contributed by atoms with van der Waals surface area (Å²) < 4.78 is 32.0. The second-order valence-electron chi connectivity index (χ2n) is 6.43. The predicted octanol–water partition coefficient (Wildman–Crippen LogP) is 2.55. The SMILES string of the molecule is CCc1ccc(S(=O)(=O)N2CCN(c3cccc(C(=O)OC)c3)CC2)cc1. The van der Waals surface area contributed by atoms with Crippen LogP contribution in [0.3, 0.4) is 0 Å². The molecule has 144 valence electrons. The van der Waals surface area contributed by atoms with Crippen molar-refractivity contribution in [3.63, 3.8) is 0 Å². The minimum atomic E-state index is -3.49. The summed E-state index contributed by atoms with van der Waals surface area (Å²) in [6, 6.07) is 14.3. The molecule has 0 radical (unpaired) electrons. The highest BCUT2D eigenvalue weighted by atomic mass is 32.2. The Kier molecular flexibility index (Phi) is 5.82. The lowest BCUT2D eigenvalue weighted by molar-refractivity contribution is 0.0600. The summed E-state index contributed by atoms with van der Waals surface area (Å²) in [5.74, 6) is -0.381. The predicted molar refractivity (Wildman–Crippen MR) is 105 cm³/mol. The number of carbonyl (C=O) groups is 1. The molecule has 0 amide bonds. The first kappa shape index (κ1) is 19.4. The Hall–Kier alpha value is -2.38. The van der Waals surface area contributed by atoms with E-state index in [1.165, 1.54) is 11.4 Å². The molecule has 0 saturated carbocycles. The van der Waals surface area contributed by atoms with Crippen molar-refractivity contribution < 1.29 is 17.9 Å². The second kappa shape index (κ2) is 8.10. The first-order valence-corrected chi connectivity index (χ1v) is 10.4. The molecule has 0 N–H and O–H groups in total. The van der Waals surface area contributed by atoms with Gasteiger partial charge in [0.15, 0.2) is 0 Å². The Morgan fingerprint density at radius 3 is 2.30 bits per heavy atom. The van der Waals surface area contributed by atoms with Gasteiger partial charge in [-0.3, -0.25) is 0 Å². The van der Waals surface area contributed by atoms with E-state index in [1.807, 2.05) is 25.1 Å². The number of nitrogens with zero attached hydrogens (tertiary/aromatic N) is 2. The van der Waals surface area contributed by atoms with E-state index in [0.29, 0.717) is 36.6 Å². The number of anilines is 1. The number of rotatable bonds is 5. The molecule has 0 unspecified atom stereocenters. The summed E-state index contributed by atoms with van der Waals surface area (Å²) in [5.41, 5.74) is 2.49. The van der Waals surface area contributed by atoms with Crippen molar-refractivity contribution in [1.82, 2.24) is 4.31 Å². The minimum Gasteiger partial charge on any atom is -0.465 e. The number of esters is 1. The molecule has 2 aromatic rings. The number of hydrogen-bond acceptors (Lipinski definition) is 5. The van der Waals surface area contributed by atoms with Crippen molar-refractivity contribution in [2.45, 2.75) is 18.2 Å². The van der Waals surface area contributed by atoms with Gasteiger partial charge in [-0.25, -0.2) is 13.2 Å². The molecule has 1 aliphatic rings. The summed E-state index contributed by atoms with van der Waals surface area (Å²) in [7, 11) is -2.13. The van der Waals surface area contributed by atoms with Crippen LogP contribution in [0.15, 0.2) is 53.4 Å². The van der Waals surface area contributed by atoms with Gasteiger partial charge in [-0.05, 0) is 42.3 Å². The molecular formula is C20H24N2O4S. The highest BCUT2D eigenvalue weighted by Gasteiger charge is 2.28. The molecule has 0 spiro atoms. The van der Waals surface area contributed by atoms with E-state index in [9.17, 15) is 13.2 Å². The van der Waals surface area contributed by atoms with Gasteiger partial charge in [-0.15, -0.1) is 0 Å². The van der Waals surface area contributed by atoms with Crippen molar-refractivity contribution >= 4 is 21.7 Å². The molecule has 0 aliphatic carbocycles. The van der Waals surface area contributed by atoms with E-state index in [-0.39, 0.29) is 5.97 Å². The van der Waals surface area contributed by atoms with Gasteiger partial charge in [0.2, 0.25) is 10.0 Å². The summed E-state index contributed by atoms with van der Waals surface area (Å²) in [4.78, 5) is 14.1. The molecule has 0 atom stereocenters. The fourth-order valence-corrected chi connectivity index (χ4v) is 4.60. The summed E-state index contributed by atoms with van der Waals surface area (Å²) in [6.45, 7) is 3.98. The van der Waals surface area contributed by atoms with Gasteiger partial charge in [-0.2, -0.15) is 4.31 Å². The lowest BCUT2D eigenvalue weighted by Crippen LogP contribution is -2.48. The zero-order valence-corrected chi connectivity index (χ0v) is 16.4. The number of methoxy groups -OCH3 is 1. The van der Waals surface area contributed by atoms with Crippen LogP contribution in [0.25, 0.3) is 0 Å². The van der Waals surface area contributed by atoms with Crippen molar-refractivity contribution in [2.75, 3.05) is 38.2 Å². The van der Waals surface area contributed by atoms with Crippen LogP contribution in [0.5, 0.6) is 0 Å². The average molecular weight is 388 g/mol. The average Bonchev–Trinajstić information content (AvgIpc) is 2.73. The second-order valence-corrected chi connectivity index (χ2v) is 8.37. The number of carbonyl (C=O) groups excluding carboxylic acids is 1. The molecule has 7 heteroatoms. The summed E-state index contributed by atoms with van der Waals surface area (Å²) in [6.07, 6.45) is 0.879. The van der Waals surface area contributed by atoms with Crippen LogP contribution in [0.1, 0.15) is 22.8 Å². The molecule has 1 saturated heterocycles. The van der Waals surface area contributed by atoms with Crippen LogP contribution in [0.4, 0.5) is 5.69 Å². The molecule has 0 aromatic heterocycles. The Labute approximate surface area is 160 Å². The smallest absolute Gasteiger partial charge is 0.337 e. The number of ether oxygens (including phenoxy) is 1. The Morgan fingerprint density at radius 1 is 1.04 bits per heavy atom. The lowest BCUT2D eigenvalue weighted by Gasteiger charge is -2.35. The molecule has 0 bridgehead atoms. The molecular weight excluding hydrogens is 364 g/mol. The van der Waals surface area contributed by atoms with Crippen molar-refractivity contribution in [3.05, 3.63) is 59.7 Å². The van der Waals surface area contributed by atoms with Crippen molar-refractivity contribution in [1.29, 1.82) is 0 Å². The van der Waals surface area contributed by atoms with Gasteiger partial charge in [-0.1, -0.05) is 25.1 Å². The number of benzene rings is 2. The normalized spacial score (nSPS) is 15.6. The number of aryl methyl sites for hydroxylation is 1. The van der Waals surface area contributed by atoms with E-state index in [4.69, 9.17) is 4.74 Å². The fraction of sp³-hybridized carbons (Fsp3) is 0.350. The van der Waals surface area contributed by atoms with E-state index in [1.54, 1.807) is 30.3 Å². The maximum absolute atomic E-state index is 12.9. The number of sulfonamides is 1. The lowest BCUT2D eigenvalue weighted by atomic mass is 10.2. The first-order chi connectivity index (χ1) is 13.0. The van der Waals surface area contributed by atoms with Crippen LogP contribution in [0.2, 0.25) is 0 Å². The third-order valence-electron chi connectivity index (χ3n) is 4.84. The van der Waals surface area contributed by atoms with E-state index in [2.05, 4.69) is 4.90 Å². The minimum absolute atomic E-state index is 0.334. The summed E-state index contributed by atoms with van der Waals surface area (Å²) in [5, 5.41) is 0. The first-order valence-electron chi connectivity index (χ1n) is 8.98. The highest BCUT2D eigenvalue weighted by molar-refractivity contribution is 7.89. The highest BCUT2D eigenvalue weighted by Crippen LogP contribution is 2.22. The standard InChI is InChI=1S/C20H24N2O4S/c1-3-16-7-9-19(10-8-16)27(24,25)22-13-11-21(12-14-22)18-6-4-5-17(15-18)20(23)26-2/h4-10,15H,3,11-14H2,1-2H3. The fourth-order valence-electron chi connectivity index (χ4n) is 3.18. The van der Waals surface area contributed by atoms with Gasteiger partial charge in [0, 0.05) is 31.9 Å². The molecule has 2 aromatic carbocycles. The maximum Gasteiger partial charge on any atom is 0.337 e. The zero-order valence-electron chi connectivity index (χ0n) is 15.6. The largest absolute Gasteiger partial charge is 0.465 e. The van der Waals surface area contributed by atoms with Gasteiger partial charge in [0.05, 0.1) is 17.6 Å². The molecule has 1 heterocycles. The van der Waals surface area contributed by atoms with Crippen LogP contribution in [0, 0.1) is 0 Å². The van der Waals surface area contributed by atoms with Gasteiger partial charge >= 0.3 is 5.97 Å². The van der Waals surface area contributed by atoms with Crippen molar-refractivity contribution in [3.8, 4) is 0 Å². The third kappa shape index (κ3) is 4.14. The van der Waals surface area contributed by atoms with Gasteiger partial charge < -0.3 is 9.64 Å². The molecule has 6 nitrogen and oxygen atoms in total. The quantitative estimate of drug-likeness (QED) is 0.737. The Balaban J connectivity index is 1.70. The Morgan fingerprint density at radius 2 is 1.70 bits per heavy atom. The Bertz CT molecular complexity index is 902. The monoisotopic (exact) mass is 388 g/mol. The van der Waals surface area contributed by atoms with Gasteiger partial charge in [0.1, 0.15) is 0 Å². The molecule has 27 heavy (non-hydrogen) atoms. The molecule has 3 rings (SSSR count). The number of piperazine rings is 1. The van der Waals surface area contributed by atoms with E-state index in [0.717, 1.165) is 17.7 Å². The van der Waals surface area contributed by atoms with Crippen LogP contribution >= 0.6 is 0 Å². The maximum atomic E-state index is 12.9. The van der Waals surface area contributed by atoms with Crippen LogP contribution in [-0.2, 0) is 21.2 Å².